The van der Waals surface area contributed by atoms with E-state index < -0.39 is 27.5 Å². The Morgan fingerprint density at radius 1 is 1.10 bits per heavy atom. The number of aliphatic hydroxyl groups is 1. The van der Waals surface area contributed by atoms with E-state index in [1.165, 1.54) is 0 Å². The molecule has 29 heavy (non-hydrogen) atoms. The minimum absolute atomic E-state index is 0.0587. The van der Waals surface area contributed by atoms with Crippen LogP contribution in [0.5, 0.6) is 0 Å². The quantitative estimate of drug-likeness (QED) is 0.661. The van der Waals surface area contributed by atoms with E-state index >= 15 is 0 Å². The molecular formula is C23H41FO4S. The van der Waals surface area contributed by atoms with Crippen LogP contribution in [0.3, 0.4) is 0 Å². The van der Waals surface area contributed by atoms with Crippen LogP contribution in [0.2, 0.25) is 0 Å². The summed E-state index contributed by atoms with van der Waals surface area (Å²) >= 11 is 0. The van der Waals surface area contributed by atoms with Crippen molar-refractivity contribution in [2.45, 2.75) is 108 Å². The molecule has 6 atom stereocenters. The number of halogens is 1. The summed E-state index contributed by atoms with van der Waals surface area (Å²) in [6, 6.07) is 0. The maximum atomic E-state index is 13.9. The molecule has 1 heterocycles. The molecule has 3 rings (SSSR count). The number of methoxy groups -OCH3 is 1. The van der Waals surface area contributed by atoms with E-state index in [0.717, 1.165) is 38.5 Å². The number of ether oxygens (including phenoxy) is 1. The Morgan fingerprint density at radius 2 is 1.79 bits per heavy atom. The predicted octanol–water partition coefficient (Wildman–Crippen LogP) is 4.69. The van der Waals surface area contributed by atoms with Crippen molar-refractivity contribution in [3.8, 4) is 0 Å². The second-order valence-corrected chi connectivity index (χ2v) is 12.3. The fourth-order valence-corrected chi connectivity index (χ4v) is 9.60. The first kappa shape index (κ1) is 23.5. The Labute approximate surface area is 176 Å². The second kappa shape index (κ2) is 9.52. The number of alkyl halides is 1. The van der Waals surface area contributed by atoms with Crippen molar-refractivity contribution in [2.75, 3.05) is 12.9 Å². The van der Waals surface area contributed by atoms with Gasteiger partial charge in [0.2, 0.25) is 0 Å². The van der Waals surface area contributed by atoms with E-state index in [2.05, 4.69) is 6.92 Å². The van der Waals surface area contributed by atoms with E-state index in [1.54, 1.807) is 7.11 Å². The standard InChI is InChI=1S/C23H41FO4S/c1-4-6-13-23(5-2)15-29(26,27)20-12-11-18(28-3)14-19(20)21(22(23)25)16-7-9-17(24)10-8-16/h16-22,25H,4-15H2,1-3H3/t16?,17?,18?,19?,20?,21-,22?,23+/m0/s1. The molecule has 0 bridgehead atoms. The minimum atomic E-state index is -3.31. The van der Waals surface area contributed by atoms with Crippen molar-refractivity contribution < 1.29 is 22.7 Å². The van der Waals surface area contributed by atoms with E-state index in [1.807, 2.05) is 6.92 Å². The van der Waals surface area contributed by atoms with Gasteiger partial charge in [0.1, 0.15) is 6.17 Å². The van der Waals surface area contributed by atoms with Crippen molar-refractivity contribution >= 4 is 9.84 Å². The molecule has 0 spiro atoms. The summed E-state index contributed by atoms with van der Waals surface area (Å²) in [7, 11) is -1.60. The molecule has 6 heteroatoms. The molecule has 1 aliphatic heterocycles. The topological polar surface area (TPSA) is 63.6 Å². The lowest BCUT2D eigenvalue weighted by Gasteiger charge is -2.47. The first-order valence-electron chi connectivity index (χ1n) is 11.8. The van der Waals surface area contributed by atoms with Crippen LogP contribution in [0.1, 0.15) is 84.5 Å². The third-order valence-corrected chi connectivity index (χ3v) is 11.0. The number of hydrogen-bond donors (Lipinski definition) is 1. The van der Waals surface area contributed by atoms with Gasteiger partial charge in [-0.15, -0.1) is 0 Å². The molecule has 1 N–H and O–H groups in total. The zero-order valence-electron chi connectivity index (χ0n) is 18.5. The van der Waals surface area contributed by atoms with Crippen LogP contribution in [-0.4, -0.2) is 50.0 Å². The van der Waals surface area contributed by atoms with Crippen LogP contribution in [0, 0.1) is 23.2 Å². The van der Waals surface area contributed by atoms with Crippen molar-refractivity contribution in [1.29, 1.82) is 0 Å². The van der Waals surface area contributed by atoms with E-state index in [4.69, 9.17) is 4.74 Å². The van der Waals surface area contributed by atoms with Crippen molar-refractivity contribution in [2.24, 2.45) is 23.2 Å². The van der Waals surface area contributed by atoms with Crippen molar-refractivity contribution in [3.05, 3.63) is 0 Å². The van der Waals surface area contributed by atoms with Gasteiger partial charge in [-0.2, -0.15) is 0 Å². The molecule has 3 aliphatic rings. The van der Waals surface area contributed by atoms with Gasteiger partial charge in [-0.25, -0.2) is 12.8 Å². The number of fused-ring (bicyclic) bond motifs is 1. The number of unbranched alkanes of at least 4 members (excludes halogenated alkanes) is 1. The van der Waals surface area contributed by atoms with Gasteiger partial charge in [0.25, 0.3) is 0 Å². The van der Waals surface area contributed by atoms with E-state index in [-0.39, 0.29) is 34.9 Å². The minimum Gasteiger partial charge on any atom is -0.392 e. The van der Waals surface area contributed by atoms with Gasteiger partial charge < -0.3 is 9.84 Å². The highest BCUT2D eigenvalue weighted by molar-refractivity contribution is 7.92. The van der Waals surface area contributed by atoms with Crippen LogP contribution in [0.4, 0.5) is 4.39 Å². The van der Waals surface area contributed by atoms with E-state index in [9.17, 15) is 17.9 Å². The summed E-state index contributed by atoms with van der Waals surface area (Å²) in [4.78, 5) is 0. The molecule has 0 amide bonds. The average molecular weight is 433 g/mol. The van der Waals surface area contributed by atoms with Gasteiger partial charge in [0, 0.05) is 12.5 Å². The molecule has 3 fully saturated rings. The van der Waals surface area contributed by atoms with Gasteiger partial charge in [-0.05, 0) is 75.5 Å². The van der Waals surface area contributed by atoms with Gasteiger partial charge in [0.15, 0.2) is 9.84 Å². The SMILES string of the molecule is CCCC[C@]1(CC)CS(=O)(=O)C2CCC(OC)CC2[C@H](C2CCC(F)CC2)C1O. The van der Waals surface area contributed by atoms with Crippen LogP contribution >= 0.6 is 0 Å². The Hall–Kier alpha value is -0.200. The van der Waals surface area contributed by atoms with Crippen molar-refractivity contribution in [3.63, 3.8) is 0 Å². The lowest BCUT2D eigenvalue weighted by Crippen LogP contribution is -2.48. The van der Waals surface area contributed by atoms with Gasteiger partial charge in [-0.1, -0.05) is 26.7 Å². The fraction of sp³-hybridized carbons (Fsp3) is 1.00. The lowest BCUT2D eigenvalue weighted by molar-refractivity contribution is -0.0777. The second-order valence-electron chi connectivity index (χ2n) is 10.0. The molecule has 170 valence electrons. The summed E-state index contributed by atoms with van der Waals surface area (Å²) in [5, 5.41) is 11.5. The zero-order chi connectivity index (χ0) is 21.2. The number of aliphatic hydroxyl groups excluding tert-OH is 1. The van der Waals surface area contributed by atoms with Gasteiger partial charge in [-0.3, -0.25) is 0 Å². The zero-order valence-corrected chi connectivity index (χ0v) is 19.3. The maximum Gasteiger partial charge on any atom is 0.154 e. The molecule has 0 radical (unpaired) electrons. The number of hydrogen-bond acceptors (Lipinski definition) is 4. The summed E-state index contributed by atoms with van der Waals surface area (Å²) < 4.78 is 46.7. The van der Waals surface area contributed by atoms with Crippen LogP contribution in [0.25, 0.3) is 0 Å². The highest BCUT2D eigenvalue weighted by atomic mass is 32.2. The highest BCUT2D eigenvalue weighted by Gasteiger charge is 2.56. The van der Waals surface area contributed by atoms with Gasteiger partial charge in [0.05, 0.1) is 23.2 Å². The summed E-state index contributed by atoms with van der Waals surface area (Å²) in [6.45, 7) is 4.15. The third-order valence-electron chi connectivity index (χ3n) is 8.53. The van der Waals surface area contributed by atoms with Crippen molar-refractivity contribution in [1.82, 2.24) is 0 Å². The number of sulfone groups is 1. The van der Waals surface area contributed by atoms with Crippen LogP contribution < -0.4 is 0 Å². The maximum absolute atomic E-state index is 13.9. The first-order valence-corrected chi connectivity index (χ1v) is 13.6. The van der Waals surface area contributed by atoms with Crippen LogP contribution in [-0.2, 0) is 14.6 Å². The molecule has 4 unspecified atom stereocenters. The van der Waals surface area contributed by atoms with Crippen LogP contribution in [0.15, 0.2) is 0 Å². The Balaban J connectivity index is 2.03. The Morgan fingerprint density at radius 3 is 2.38 bits per heavy atom. The molecule has 0 aromatic carbocycles. The molecule has 2 saturated carbocycles. The number of rotatable bonds is 6. The third kappa shape index (κ3) is 4.69. The Kier molecular flexibility index (Phi) is 7.70. The smallest absolute Gasteiger partial charge is 0.154 e. The fourth-order valence-electron chi connectivity index (χ4n) is 6.75. The average Bonchev–Trinajstić information content (AvgIpc) is 2.78. The molecular weight excluding hydrogens is 391 g/mol. The summed E-state index contributed by atoms with van der Waals surface area (Å²) in [5.41, 5.74) is -0.577. The summed E-state index contributed by atoms with van der Waals surface area (Å²) in [6.07, 6.45) is 6.72. The Bertz CT molecular complexity index is 631. The highest BCUT2D eigenvalue weighted by Crippen LogP contribution is 2.53. The molecule has 4 nitrogen and oxygen atoms in total. The molecule has 2 aliphatic carbocycles. The van der Waals surface area contributed by atoms with Gasteiger partial charge >= 0.3 is 0 Å². The molecule has 0 aromatic heterocycles. The van der Waals surface area contributed by atoms with E-state index in [0.29, 0.717) is 32.1 Å². The largest absolute Gasteiger partial charge is 0.392 e. The summed E-state index contributed by atoms with van der Waals surface area (Å²) in [5.74, 6) is 0.163. The lowest BCUT2D eigenvalue weighted by atomic mass is 9.60. The monoisotopic (exact) mass is 432 g/mol. The molecule has 0 aromatic rings. The molecule has 1 saturated heterocycles. The normalized spacial score (nSPS) is 45.3. The predicted molar refractivity (Wildman–Crippen MR) is 114 cm³/mol. The first-order chi connectivity index (χ1) is 13.8.